The first-order valence-electron chi connectivity index (χ1n) is 7.11. The molecule has 1 aliphatic heterocycles. The highest BCUT2D eigenvalue weighted by Crippen LogP contribution is 2.12. The summed E-state index contributed by atoms with van der Waals surface area (Å²) in [7, 11) is 1.90. The molecule has 1 atom stereocenters. The topological polar surface area (TPSA) is 44.3 Å². The van der Waals surface area contributed by atoms with Gasteiger partial charge in [0.1, 0.15) is 11.6 Å². The number of hydrogen-bond acceptors (Lipinski definition) is 5. The minimum Gasteiger partial charge on any atom is -0.373 e. The first-order chi connectivity index (χ1) is 9.12. The summed E-state index contributed by atoms with van der Waals surface area (Å²) in [6.45, 7) is 11.9. The number of hydrogen-bond donors (Lipinski definition) is 1. The number of piperazine rings is 1. The molecule has 1 fully saturated rings. The minimum absolute atomic E-state index is 0.618. The zero-order valence-electron chi connectivity index (χ0n) is 12.5. The van der Waals surface area contributed by atoms with E-state index in [-0.39, 0.29) is 0 Å². The predicted octanol–water partition coefficient (Wildman–Crippen LogP) is 1.35. The summed E-state index contributed by atoms with van der Waals surface area (Å²) in [5.41, 5.74) is 1.02. The molecule has 1 aromatic heterocycles. The molecular formula is C14H25N5. The standard InChI is InChI=1S/C14H25N5/c1-5-19-7-6-18(9-12(19)3)10-14-16-11(2)8-13(15-4)17-14/h8,12H,5-7,9-10H2,1-4H3,(H,15,16,17). The van der Waals surface area contributed by atoms with Crippen LogP contribution in [0.4, 0.5) is 5.82 Å². The van der Waals surface area contributed by atoms with E-state index < -0.39 is 0 Å². The Kier molecular flexibility index (Phi) is 4.71. The van der Waals surface area contributed by atoms with Crippen LogP contribution in [0.15, 0.2) is 6.07 Å². The molecule has 0 aromatic carbocycles. The van der Waals surface area contributed by atoms with E-state index in [2.05, 4.69) is 38.9 Å². The highest BCUT2D eigenvalue weighted by atomic mass is 15.3. The second-order valence-corrected chi connectivity index (χ2v) is 5.27. The van der Waals surface area contributed by atoms with E-state index in [1.807, 2.05) is 20.0 Å². The lowest BCUT2D eigenvalue weighted by Crippen LogP contribution is -2.51. The van der Waals surface area contributed by atoms with Crippen LogP contribution < -0.4 is 5.32 Å². The normalized spacial score (nSPS) is 21.6. The fourth-order valence-corrected chi connectivity index (χ4v) is 2.71. The molecule has 106 valence electrons. The molecule has 0 saturated carbocycles. The van der Waals surface area contributed by atoms with Crippen molar-refractivity contribution >= 4 is 5.82 Å². The molecule has 1 saturated heterocycles. The largest absolute Gasteiger partial charge is 0.373 e. The molecule has 5 nitrogen and oxygen atoms in total. The number of rotatable bonds is 4. The van der Waals surface area contributed by atoms with E-state index in [0.29, 0.717) is 6.04 Å². The van der Waals surface area contributed by atoms with Crippen molar-refractivity contribution in [3.05, 3.63) is 17.6 Å². The van der Waals surface area contributed by atoms with Crippen LogP contribution in [0.25, 0.3) is 0 Å². The van der Waals surface area contributed by atoms with Crippen molar-refractivity contribution in [2.24, 2.45) is 0 Å². The Morgan fingerprint density at radius 3 is 2.79 bits per heavy atom. The lowest BCUT2D eigenvalue weighted by atomic mass is 10.2. The molecule has 5 heteroatoms. The molecule has 1 unspecified atom stereocenters. The molecule has 1 aliphatic rings. The average Bonchev–Trinajstić information content (AvgIpc) is 2.38. The highest BCUT2D eigenvalue weighted by Gasteiger charge is 2.22. The Morgan fingerprint density at radius 1 is 1.37 bits per heavy atom. The Balaban J connectivity index is 2.00. The van der Waals surface area contributed by atoms with Crippen molar-refractivity contribution in [3.63, 3.8) is 0 Å². The van der Waals surface area contributed by atoms with Gasteiger partial charge in [-0.3, -0.25) is 9.80 Å². The van der Waals surface area contributed by atoms with Crippen LogP contribution in [-0.4, -0.2) is 59.0 Å². The second-order valence-electron chi connectivity index (χ2n) is 5.27. The van der Waals surface area contributed by atoms with Gasteiger partial charge in [0.25, 0.3) is 0 Å². The maximum Gasteiger partial charge on any atom is 0.144 e. The third-order valence-corrected chi connectivity index (χ3v) is 3.78. The molecule has 0 spiro atoms. The number of likely N-dealkylation sites (N-methyl/N-ethyl adjacent to an activating group) is 1. The van der Waals surface area contributed by atoms with Gasteiger partial charge in [0.05, 0.1) is 6.54 Å². The number of nitrogens with zero attached hydrogens (tertiary/aromatic N) is 4. The Hall–Kier alpha value is -1.20. The third kappa shape index (κ3) is 3.64. The van der Waals surface area contributed by atoms with Gasteiger partial charge in [-0.05, 0) is 20.4 Å². The molecule has 0 aliphatic carbocycles. The minimum atomic E-state index is 0.618. The predicted molar refractivity (Wildman–Crippen MR) is 78.3 cm³/mol. The van der Waals surface area contributed by atoms with Crippen LogP contribution in [0.2, 0.25) is 0 Å². The van der Waals surface area contributed by atoms with E-state index in [4.69, 9.17) is 0 Å². The zero-order chi connectivity index (χ0) is 13.8. The zero-order valence-corrected chi connectivity index (χ0v) is 12.5. The van der Waals surface area contributed by atoms with Crippen LogP contribution in [0.3, 0.4) is 0 Å². The number of aromatic nitrogens is 2. The van der Waals surface area contributed by atoms with Gasteiger partial charge in [-0.1, -0.05) is 6.92 Å². The van der Waals surface area contributed by atoms with Gasteiger partial charge in [0.15, 0.2) is 0 Å². The van der Waals surface area contributed by atoms with Crippen molar-refractivity contribution < 1.29 is 0 Å². The van der Waals surface area contributed by atoms with Gasteiger partial charge in [-0.25, -0.2) is 9.97 Å². The lowest BCUT2D eigenvalue weighted by Gasteiger charge is -2.39. The van der Waals surface area contributed by atoms with Crippen LogP contribution in [0.1, 0.15) is 25.4 Å². The molecule has 2 rings (SSSR count). The van der Waals surface area contributed by atoms with E-state index in [1.165, 1.54) is 0 Å². The fraction of sp³-hybridized carbons (Fsp3) is 0.714. The van der Waals surface area contributed by atoms with Crippen LogP contribution in [-0.2, 0) is 6.54 Å². The smallest absolute Gasteiger partial charge is 0.144 e. The van der Waals surface area contributed by atoms with Crippen LogP contribution >= 0.6 is 0 Å². The first kappa shape index (κ1) is 14.2. The Morgan fingerprint density at radius 2 is 2.16 bits per heavy atom. The maximum atomic E-state index is 4.53. The van der Waals surface area contributed by atoms with E-state index in [0.717, 1.165) is 50.1 Å². The summed E-state index contributed by atoms with van der Waals surface area (Å²) in [5, 5.41) is 3.09. The van der Waals surface area contributed by atoms with Crippen molar-refractivity contribution in [2.75, 3.05) is 38.5 Å². The molecule has 2 heterocycles. The van der Waals surface area contributed by atoms with Gasteiger partial charge >= 0.3 is 0 Å². The quantitative estimate of drug-likeness (QED) is 0.888. The Bertz CT molecular complexity index is 420. The monoisotopic (exact) mass is 263 g/mol. The SMILES string of the molecule is CCN1CCN(Cc2nc(C)cc(NC)n2)CC1C. The van der Waals surface area contributed by atoms with Crippen molar-refractivity contribution in [3.8, 4) is 0 Å². The molecule has 0 amide bonds. The molecular weight excluding hydrogens is 238 g/mol. The molecule has 0 bridgehead atoms. The van der Waals surface area contributed by atoms with E-state index in [9.17, 15) is 0 Å². The molecule has 1 aromatic rings. The van der Waals surface area contributed by atoms with Crippen LogP contribution in [0, 0.1) is 6.92 Å². The maximum absolute atomic E-state index is 4.53. The number of aryl methyl sites for hydroxylation is 1. The van der Waals surface area contributed by atoms with E-state index >= 15 is 0 Å². The Labute approximate surface area is 116 Å². The van der Waals surface area contributed by atoms with Crippen LogP contribution in [0.5, 0.6) is 0 Å². The van der Waals surface area contributed by atoms with Gasteiger partial charge in [0, 0.05) is 44.5 Å². The number of nitrogens with one attached hydrogen (secondary N) is 1. The van der Waals surface area contributed by atoms with Gasteiger partial charge in [0.2, 0.25) is 0 Å². The van der Waals surface area contributed by atoms with Crippen molar-refractivity contribution in [1.29, 1.82) is 0 Å². The average molecular weight is 263 g/mol. The van der Waals surface area contributed by atoms with Crippen molar-refractivity contribution in [1.82, 2.24) is 19.8 Å². The number of anilines is 1. The molecule has 1 N–H and O–H groups in total. The summed E-state index contributed by atoms with van der Waals surface area (Å²) in [5.74, 6) is 1.82. The second kappa shape index (κ2) is 6.30. The summed E-state index contributed by atoms with van der Waals surface area (Å²) in [4.78, 5) is 14.0. The highest BCUT2D eigenvalue weighted by molar-refractivity contribution is 5.34. The van der Waals surface area contributed by atoms with Gasteiger partial charge in [-0.15, -0.1) is 0 Å². The summed E-state index contributed by atoms with van der Waals surface area (Å²) < 4.78 is 0. The summed E-state index contributed by atoms with van der Waals surface area (Å²) in [6.07, 6.45) is 0. The first-order valence-corrected chi connectivity index (χ1v) is 7.11. The lowest BCUT2D eigenvalue weighted by molar-refractivity contribution is 0.0817. The van der Waals surface area contributed by atoms with Crippen molar-refractivity contribution in [2.45, 2.75) is 33.4 Å². The van der Waals surface area contributed by atoms with E-state index in [1.54, 1.807) is 0 Å². The summed E-state index contributed by atoms with van der Waals surface area (Å²) >= 11 is 0. The van der Waals surface area contributed by atoms with Gasteiger partial charge < -0.3 is 5.32 Å². The molecule has 19 heavy (non-hydrogen) atoms. The third-order valence-electron chi connectivity index (χ3n) is 3.78. The molecule has 0 radical (unpaired) electrons. The summed E-state index contributed by atoms with van der Waals surface area (Å²) in [6, 6.07) is 2.59. The van der Waals surface area contributed by atoms with Gasteiger partial charge in [-0.2, -0.15) is 0 Å². The fourth-order valence-electron chi connectivity index (χ4n) is 2.71.